The maximum Gasteiger partial charge on any atom is 0.257 e. The highest BCUT2D eigenvalue weighted by Gasteiger charge is 2.21. The van der Waals surface area contributed by atoms with Crippen molar-refractivity contribution in [2.45, 2.75) is 0 Å². The third-order valence-corrected chi connectivity index (χ3v) is 2.34. The van der Waals surface area contributed by atoms with E-state index in [9.17, 15) is 22.4 Å². The maximum atomic E-state index is 13.3. The van der Waals surface area contributed by atoms with Gasteiger partial charge in [-0.1, -0.05) is 0 Å². The minimum absolute atomic E-state index is 0.0240. The molecule has 8 heteroatoms. The van der Waals surface area contributed by atoms with Crippen LogP contribution in [-0.4, -0.2) is 16.0 Å². The summed E-state index contributed by atoms with van der Waals surface area (Å²) in [5.74, 6) is -8.20. The van der Waals surface area contributed by atoms with Crippen LogP contribution in [0.4, 0.5) is 23.2 Å². The zero-order valence-corrected chi connectivity index (χ0v) is 9.62. The van der Waals surface area contributed by atoms with E-state index in [2.05, 4.69) is 4.98 Å². The Hall–Kier alpha value is -2.64. The van der Waals surface area contributed by atoms with Gasteiger partial charge in [0.2, 0.25) is 0 Å². The molecule has 2 rings (SSSR count). The molecule has 1 heterocycles. The molecule has 1 aromatic heterocycles. The smallest absolute Gasteiger partial charge is 0.257 e. The molecule has 0 aliphatic carbocycles. The summed E-state index contributed by atoms with van der Waals surface area (Å²) in [7, 11) is 0. The first-order valence-electron chi connectivity index (χ1n) is 5.18. The number of anilines is 1. The first-order valence-corrected chi connectivity index (χ1v) is 5.18. The molecule has 0 radical (unpaired) electrons. The van der Waals surface area contributed by atoms with Gasteiger partial charge >= 0.3 is 0 Å². The van der Waals surface area contributed by atoms with Gasteiger partial charge < -0.3 is 10.4 Å². The molecule has 2 N–H and O–H groups in total. The van der Waals surface area contributed by atoms with Gasteiger partial charge in [-0.25, -0.2) is 17.6 Å². The number of halogens is 4. The molecule has 0 spiro atoms. The molecule has 0 fully saturated rings. The summed E-state index contributed by atoms with van der Waals surface area (Å²) in [6.45, 7) is 0. The van der Waals surface area contributed by atoms with Crippen molar-refractivity contribution in [3.8, 4) is 5.75 Å². The molecule has 4 nitrogen and oxygen atoms in total. The van der Waals surface area contributed by atoms with Crippen LogP contribution in [-0.2, 0) is 0 Å². The van der Waals surface area contributed by atoms with Gasteiger partial charge in [0, 0.05) is 12.3 Å². The van der Waals surface area contributed by atoms with Gasteiger partial charge in [0.25, 0.3) is 5.91 Å². The van der Waals surface area contributed by atoms with Crippen LogP contribution in [0.15, 0.2) is 24.5 Å². The number of carbonyl (C=O) groups excluding carboxylic acids is 1. The molecule has 0 saturated heterocycles. The lowest BCUT2D eigenvalue weighted by atomic mass is 10.2. The molecule has 1 aromatic carbocycles. The zero-order valence-electron chi connectivity index (χ0n) is 9.62. The predicted octanol–water partition coefficient (Wildman–Crippen LogP) is 2.60. The van der Waals surface area contributed by atoms with Gasteiger partial charge in [-0.05, 0) is 6.07 Å². The first-order chi connectivity index (χ1) is 9.40. The van der Waals surface area contributed by atoms with E-state index in [1.54, 1.807) is 5.32 Å². The van der Waals surface area contributed by atoms with Crippen molar-refractivity contribution in [2.75, 3.05) is 5.32 Å². The number of benzene rings is 1. The van der Waals surface area contributed by atoms with Crippen molar-refractivity contribution >= 4 is 11.6 Å². The van der Waals surface area contributed by atoms with Crippen LogP contribution in [0, 0.1) is 23.3 Å². The van der Waals surface area contributed by atoms with Crippen LogP contribution in [0.5, 0.6) is 5.75 Å². The highest BCUT2D eigenvalue weighted by atomic mass is 19.2. The largest absolute Gasteiger partial charge is 0.506 e. The van der Waals surface area contributed by atoms with Crippen molar-refractivity contribution in [3.05, 3.63) is 53.4 Å². The predicted molar refractivity (Wildman–Crippen MR) is 60.1 cm³/mol. The fraction of sp³-hybridized carbons (Fsp3) is 0. The Morgan fingerprint density at radius 3 is 2.20 bits per heavy atom. The number of nitrogens with zero attached hydrogens (tertiary/aromatic N) is 1. The third kappa shape index (κ3) is 2.53. The number of nitrogens with one attached hydrogen (secondary N) is 1. The number of pyridine rings is 1. The van der Waals surface area contributed by atoms with E-state index in [1.807, 2.05) is 0 Å². The fourth-order valence-electron chi connectivity index (χ4n) is 1.42. The lowest BCUT2D eigenvalue weighted by molar-refractivity contribution is 0.102. The highest BCUT2D eigenvalue weighted by molar-refractivity contribution is 6.04. The quantitative estimate of drug-likeness (QED) is 0.659. The Morgan fingerprint density at radius 1 is 1.05 bits per heavy atom. The highest BCUT2D eigenvalue weighted by Crippen LogP contribution is 2.24. The van der Waals surface area contributed by atoms with Crippen molar-refractivity contribution in [3.63, 3.8) is 0 Å². The van der Waals surface area contributed by atoms with Crippen LogP contribution < -0.4 is 5.32 Å². The summed E-state index contributed by atoms with van der Waals surface area (Å²) in [5, 5.41) is 10.8. The zero-order chi connectivity index (χ0) is 14.9. The number of rotatable bonds is 2. The van der Waals surface area contributed by atoms with E-state index >= 15 is 0 Å². The van der Waals surface area contributed by atoms with E-state index in [1.165, 1.54) is 0 Å². The second kappa shape index (κ2) is 5.16. The molecule has 0 aliphatic heterocycles. The van der Waals surface area contributed by atoms with Crippen LogP contribution in [0.1, 0.15) is 10.4 Å². The van der Waals surface area contributed by atoms with Crippen molar-refractivity contribution in [1.82, 2.24) is 4.98 Å². The maximum absolute atomic E-state index is 13.3. The Morgan fingerprint density at radius 2 is 1.65 bits per heavy atom. The fourth-order valence-corrected chi connectivity index (χ4v) is 1.42. The number of aromatic nitrogens is 1. The molecular weight excluding hydrogens is 280 g/mol. The molecule has 2 aromatic rings. The summed E-state index contributed by atoms with van der Waals surface area (Å²) >= 11 is 0. The van der Waals surface area contributed by atoms with E-state index in [4.69, 9.17) is 5.11 Å². The van der Waals surface area contributed by atoms with Crippen LogP contribution >= 0.6 is 0 Å². The number of amides is 1. The van der Waals surface area contributed by atoms with Crippen molar-refractivity contribution in [2.24, 2.45) is 0 Å². The summed E-state index contributed by atoms with van der Waals surface area (Å²) in [5.41, 5.74) is -1.50. The Labute approximate surface area is 109 Å². The number of hydrogen-bond acceptors (Lipinski definition) is 3. The summed E-state index contributed by atoms with van der Waals surface area (Å²) in [4.78, 5) is 15.1. The molecule has 0 bridgehead atoms. The second-order valence-corrected chi connectivity index (χ2v) is 3.73. The summed E-state index contributed by atoms with van der Waals surface area (Å²) in [6.07, 6.45) is 2.03. The topological polar surface area (TPSA) is 62.2 Å². The van der Waals surface area contributed by atoms with E-state index < -0.39 is 34.9 Å². The van der Waals surface area contributed by atoms with Gasteiger partial charge in [0.15, 0.2) is 23.3 Å². The molecule has 104 valence electrons. The van der Waals surface area contributed by atoms with Crippen LogP contribution in [0.3, 0.4) is 0 Å². The van der Waals surface area contributed by atoms with Crippen molar-refractivity contribution in [1.29, 1.82) is 0 Å². The first kappa shape index (κ1) is 13.8. The lowest BCUT2D eigenvalue weighted by Crippen LogP contribution is -2.16. The number of carbonyl (C=O) groups is 1. The SMILES string of the molecule is O=C(Nc1c(F)c(F)cc(F)c1F)c1cncc(O)c1. The van der Waals surface area contributed by atoms with Gasteiger partial charge in [-0.2, -0.15) is 0 Å². The molecule has 0 saturated carbocycles. The van der Waals surface area contributed by atoms with Crippen LogP contribution in [0.25, 0.3) is 0 Å². The van der Waals surface area contributed by atoms with Gasteiger partial charge in [-0.3, -0.25) is 9.78 Å². The van der Waals surface area contributed by atoms with E-state index in [0.29, 0.717) is 0 Å². The second-order valence-electron chi connectivity index (χ2n) is 3.73. The van der Waals surface area contributed by atoms with Gasteiger partial charge in [0.1, 0.15) is 11.4 Å². The molecule has 0 unspecified atom stereocenters. The standard InChI is InChI=1S/C12H6F4N2O2/c13-7-2-8(14)10(16)11(9(7)15)18-12(20)5-1-6(19)4-17-3-5/h1-4,19H,(H,18,20). The Kier molecular flexibility index (Phi) is 3.55. The van der Waals surface area contributed by atoms with E-state index in [-0.39, 0.29) is 17.4 Å². The molecular formula is C12H6F4N2O2. The molecule has 1 amide bonds. The molecule has 0 aliphatic rings. The molecule has 0 atom stereocenters. The van der Waals surface area contributed by atoms with E-state index in [0.717, 1.165) is 18.5 Å². The van der Waals surface area contributed by atoms with Gasteiger partial charge in [-0.15, -0.1) is 0 Å². The summed E-state index contributed by atoms with van der Waals surface area (Å²) in [6, 6.07) is 0.990. The minimum Gasteiger partial charge on any atom is -0.506 e. The number of aromatic hydroxyl groups is 1. The third-order valence-electron chi connectivity index (χ3n) is 2.34. The lowest BCUT2D eigenvalue weighted by Gasteiger charge is -2.08. The monoisotopic (exact) mass is 286 g/mol. The van der Waals surface area contributed by atoms with Crippen LogP contribution in [0.2, 0.25) is 0 Å². The van der Waals surface area contributed by atoms with Crippen molar-refractivity contribution < 1.29 is 27.5 Å². The number of hydrogen-bond donors (Lipinski definition) is 2. The molecule has 20 heavy (non-hydrogen) atoms. The minimum atomic E-state index is -1.73. The Balaban J connectivity index is 2.38. The normalized spacial score (nSPS) is 10.4. The summed E-state index contributed by atoms with van der Waals surface area (Å²) < 4.78 is 52.6. The van der Waals surface area contributed by atoms with Gasteiger partial charge in [0.05, 0.1) is 11.8 Å². The Bertz CT molecular complexity index is 665. The average molecular weight is 286 g/mol. The average Bonchev–Trinajstić information content (AvgIpc) is 2.41.